The molecular formula is C13H15NO4. The van der Waals surface area contributed by atoms with Gasteiger partial charge in [0.05, 0.1) is 6.61 Å². The summed E-state index contributed by atoms with van der Waals surface area (Å²) in [6, 6.07) is 8.62. The van der Waals surface area contributed by atoms with Crippen molar-refractivity contribution in [3.8, 4) is 0 Å². The second-order valence-corrected chi connectivity index (χ2v) is 3.40. The molecule has 1 amide bonds. The SMILES string of the molecule is CCOC(=O)COC(C)=NC(=O)c1ccccc1. The van der Waals surface area contributed by atoms with Crippen LogP contribution in [0.1, 0.15) is 24.2 Å². The average Bonchev–Trinajstić information content (AvgIpc) is 2.38. The van der Waals surface area contributed by atoms with Crippen molar-refractivity contribution in [3.63, 3.8) is 0 Å². The Hall–Kier alpha value is -2.17. The van der Waals surface area contributed by atoms with Crippen molar-refractivity contribution >= 4 is 17.8 Å². The van der Waals surface area contributed by atoms with E-state index in [1.165, 1.54) is 6.92 Å². The van der Waals surface area contributed by atoms with Gasteiger partial charge in [0.25, 0.3) is 5.91 Å². The molecule has 0 heterocycles. The second-order valence-electron chi connectivity index (χ2n) is 3.40. The first-order valence-electron chi connectivity index (χ1n) is 5.56. The molecule has 5 nitrogen and oxygen atoms in total. The van der Waals surface area contributed by atoms with Crippen molar-refractivity contribution in [2.24, 2.45) is 4.99 Å². The van der Waals surface area contributed by atoms with Gasteiger partial charge in [-0.3, -0.25) is 4.79 Å². The minimum absolute atomic E-state index is 0.136. The van der Waals surface area contributed by atoms with Crippen molar-refractivity contribution in [2.75, 3.05) is 13.2 Å². The van der Waals surface area contributed by atoms with E-state index < -0.39 is 11.9 Å². The van der Waals surface area contributed by atoms with Crippen LogP contribution in [0.2, 0.25) is 0 Å². The zero-order chi connectivity index (χ0) is 13.4. The zero-order valence-corrected chi connectivity index (χ0v) is 10.4. The highest BCUT2D eigenvalue weighted by Crippen LogP contribution is 2.01. The van der Waals surface area contributed by atoms with Crippen LogP contribution in [-0.4, -0.2) is 31.0 Å². The Morgan fingerprint density at radius 2 is 1.83 bits per heavy atom. The van der Waals surface area contributed by atoms with E-state index in [1.54, 1.807) is 31.2 Å². The van der Waals surface area contributed by atoms with E-state index in [2.05, 4.69) is 9.73 Å². The number of carbonyl (C=O) groups excluding carboxylic acids is 2. The third-order valence-corrected chi connectivity index (χ3v) is 1.98. The summed E-state index contributed by atoms with van der Waals surface area (Å²) in [7, 11) is 0. The normalized spacial score (nSPS) is 10.9. The van der Waals surface area contributed by atoms with E-state index in [-0.39, 0.29) is 12.5 Å². The fourth-order valence-electron chi connectivity index (χ4n) is 1.19. The number of amides is 1. The number of rotatable bonds is 4. The van der Waals surface area contributed by atoms with Gasteiger partial charge in [-0.05, 0) is 19.1 Å². The van der Waals surface area contributed by atoms with E-state index in [0.717, 1.165) is 0 Å². The minimum atomic E-state index is -0.487. The molecule has 18 heavy (non-hydrogen) atoms. The minimum Gasteiger partial charge on any atom is -0.469 e. The molecule has 1 aromatic rings. The Balaban J connectivity index is 2.51. The van der Waals surface area contributed by atoms with Crippen LogP contribution in [0.15, 0.2) is 35.3 Å². The van der Waals surface area contributed by atoms with Gasteiger partial charge >= 0.3 is 5.97 Å². The van der Waals surface area contributed by atoms with Crippen LogP contribution >= 0.6 is 0 Å². The number of ether oxygens (including phenoxy) is 2. The molecule has 0 radical (unpaired) electrons. The predicted molar refractivity (Wildman–Crippen MR) is 66.5 cm³/mol. The van der Waals surface area contributed by atoms with Crippen molar-refractivity contribution in [1.82, 2.24) is 0 Å². The Labute approximate surface area is 105 Å². The molecule has 0 N–H and O–H groups in total. The molecule has 0 spiro atoms. The van der Waals surface area contributed by atoms with Gasteiger partial charge in [0.2, 0.25) is 0 Å². The molecule has 0 aliphatic heterocycles. The number of carbonyl (C=O) groups is 2. The molecule has 5 heteroatoms. The lowest BCUT2D eigenvalue weighted by Gasteiger charge is -2.04. The number of hydrogen-bond acceptors (Lipinski definition) is 4. The van der Waals surface area contributed by atoms with Gasteiger partial charge in [-0.25, -0.2) is 4.79 Å². The van der Waals surface area contributed by atoms with Crippen LogP contribution < -0.4 is 0 Å². The molecule has 0 unspecified atom stereocenters. The van der Waals surface area contributed by atoms with Crippen LogP contribution in [-0.2, 0) is 14.3 Å². The van der Waals surface area contributed by atoms with E-state index in [9.17, 15) is 9.59 Å². The number of hydrogen-bond donors (Lipinski definition) is 0. The highest BCUT2D eigenvalue weighted by molar-refractivity contribution is 6.01. The maximum Gasteiger partial charge on any atom is 0.344 e. The Morgan fingerprint density at radius 3 is 2.44 bits per heavy atom. The number of aliphatic imine (C=N–C) groups is 1. The van der Waals surface area contributed by atoms with Gasteiger partial charge in [0.1, 0.15) is 0 Å². The number of esters is 1. The molecule has 0 saturated heterocycles. The largest absolute Gasteiger partial charge is 0.469 e. The fourth-order valence-corrected chi connectivity index (χ4v) is 1.19. The van der Waals surface area contributed by atoms with Gasteiger partial charge in [-0.2, -0.15) is 4.99 Å². The lowest BCUT2D eigenvalue weighted by atomic mass is 10.2. The van der Waals surface area contributed by atoms with Crippen molar-refractivity contribution in [3.05, 3.63) is 35.9 Å². The molecule has 0 atom stereocenters. The van der Waals surface area contributed by atoms with Crippen molar-refractivity contribution < 1.29 is 19.1 Å². The van der Waals surface area contributed by atoms with E-state index in [4.69, 9.17) is 4.74 Å². The van der Waals surface area contributed by atoms with Crippen LogP contribution in [0.5, 0.6) is 0 Å². The van der Waals surface area contributed by atoms with Gasteiger partial charge in [0, 0.05) is 12.5 Å². The Kier molecular flexibility index (Phi) is 5.57. The maximum atomic E-state index is 11.6. The van der Waals surface area contributed by atoms with Crippen LogP contribution in [0.25, 0.3) is 0 Å². The highest BCUT2D eigenvalue weighted by atomic mass is 16.6. The molecule has 1 aromatic carbocycles. The van der Waals surface area contributed by atoms with Gasteiger partial charge in [0.15, 0.2) is 12.5 Å². The first-order chi connectivity index (χ1) is 8.63. The van der Waals surface area contributed by atoms with Crippen LogP contribution in [0, 0.1) is 0 Å². The third-order valence-electron chi connectivity index (χ3n) is 1.98. The smallest absolute Gasteiger partial charge is 0.344 e. The topological polar surface area (TPSA) is 65.0 Å². The quantitative estimate of drug-likeness (QED) is 0.464. The van der Waals surface area contributed by atoms with Gasteiger partial charge in [-0.1, -0.05) is 18.2 Å². The summed E-state index contributed by atoms with van der Waals surface area (Å²) in [5.41, 5.74) is 0.469. The zero-order valence-electron chi connectivity index (χ0n) is 10.4. The average molecular weight is 249 g/mol. The lowest BCUT2D eigenvalue weighted by molar-refractivity contribution is -0.145. The molecule has 0 fully saturated rings. The molecule has 0 saturated carbocycles. The Morgan fingerprint density at radius 1 is 1.17 bits per heavy atom. The summed E-state index contributed by atoms with van der Waals surface area (Å²) in [6.07, 6.45) is 0. The van der Waals surface area contributed by atoms with Crippen LogP contribution in [0.3, 0.4) is 0 Å². The molecule has 0 aromatic heterocycles. The number of benzene rings is 1. The predicted octanol–water partition coefficient (Wildman–Crippen LogP) is 1.82. The standard InChI is InChI=1S/C13H15NO4/c1-3-17-12(15)9-18-10(2)14-13(16)11-7-5-4-6-8-11/h4-8H,3,9H2,1-2H3. The molecule has 0 aliphatic rings. The third kappa shape index (κ3) is 4.78. The Bertz CT molecular complexity index is 440. The van der Waals surface area contributed by atoms with E-state index in [0.29, 0.717) is 12.2 Å². The molecule has 96 valence electrons. The molecule has 0 aliphatic carbocycles. The molecule has 0 bridgehead atoms. The maximum absolute atomic E-state index is 11.6. The summed E-state index contributed by atoms with van der Waals surface area (Å²) in [4.78, 5) is 26.4. The summed E-state index contributed by atoms with van der Waals surface area (Å²) < 4.78 is 9.68. The van der Waals surface area contributed by atoms with Crippen molar-refractivity contribution in [2.45, 2.75) is 13.8 Å². The first kappa shape index (κ1) is 13.9. The molecular weight excluding hydrogens is 234 g/mol. The first-order valence-corrected chi connectivity index (χ1v) is 5.56. The van der Waals surface area contributed by atoms with E-state index in [1.807, 2.05) is 6.07 Å². The monoisotopic (exact) mass is 249 g/mol. The number of nitrogens with zero attached hydrogens (tertiary/aromatic N) is 1. The summed E-state index contributed by atoms with van der Waals surface area (Å²) in [5, 5.41) is 0. The van der Waals surface area contributed by atoms with E-state index >= 15 is 0 Å². The molecule has 1 rings (SSSR count). The van der Waals surface area contributed by atoms with Gasteiger partial charge < -0.3 is 9.47 Å². The highest BCUT2D eigenvalue weighted by Gasteiger charge is 2.06. The lowest BCUT2D eigenvalue weighted by Crippen LogP contribution is -2.15. The van der Waals surface area contributed by atoms with Crippen molar-refractivity contribution in [1.29, 1.82) is 0 Å². The summed E-state index contributed by atoms with van der Waals surface area (Å²) in [6.45, 7) is 3.27. The summed E-state index contributed by atoms with van der Waals surface area (Å²) >= 11 is 0. The second kappa shape index (κ2) is 7.21. The van der Waals surface area contributed by atoms with Crippen LogP contribution in [0.4, 0.5) is 0 Å². The van der Waals surface area contributed by atoms with Gasteiger partial charge in [-0.15, -0.1) is 0 Å². The summed E-state index contributed by atoms with van der Waals surface area (Å²) in [5.74, 6) is -0.756. The fraction of sp³-hybridized carbons (Fsp3) is 0.308.